The highest BCUT2D eigenvalue weighted by Crippen LogP contribution is 2.15. The van der Waals surface area contributed by atoms with Crippen molar-refractivity contribution in [3.63, 3.8) is 0 Å². The highest BCUT2D eigenvalue weighted by Gasteiger charge is 2.04. The van der Waals surface area contributed by atoms with Crippen LogP contribution >= 0.6 is 0 Å². The van der Waals surface area contributed by atoms with E-state index in [1.807, 2.05) is 21.1 Å². The molecule has 16 heavy (non-hydrogen) atoms. The van der Waals surface area contributed by atoms with Gasteiger partial charge in [0, 0.05) is 25.7 Å². The second-order valence-electron chi connectivity index (χ2n) is 4.36. The van der Waals surface area contributed by atoms with Crippen LogP contribution in [0.3, 0.4) is 0 Å². The number of hydrogen-bond donors (Lipinski definition) is 1. The maximum Gasteiger partial charge on any atom is 0.127 e. The van der Waals surface area contributed by atoms with Gasteiger partial charge in [-0.15, -0.1) is 0 Å². The molecule has 0 heterocycles. The Balaban J connectivity index is 2.52. The lowest BCUT2D eigenvalue weighted by molar-refractivity contribution is 0.276. The molecule has 0 bridgehead atoms. The van der Waals surface area contributed by atoms with Gasteiger partial charge in [0.05, 0.1) is 0 Å². The number of rotatable bonds is 5. The van der Waals surface area contributed by atoms with Crippen LogP contribution in [0.25, 0.3) is 0 Å². The lowest BCUT2D eigenvalue weighted by atomic mass is 10.2. The molecule has 0 amide bonds. The molecule has 0 atom stereocenters. The predicted molar refractivity (Wildman–Crippen MR) is 63.0 cm³/mol. The third-order valence-electron chi connectivity index (χ3n) is 2.32. The Kier molecular flexibility index (Phi) is 4.71. The highest BCUT2D eigenvalue weighted by atomic mass is 19.1. The van der Waals surface area contributed by atoms with Crippen LogP contribution in [0.5, 0.6) is 5.75 Å². The fourth-order valence-corrected chi connectivity index (χ4v) is 1.49. The molecule has 0 aliphatic carbocycles. The van der Waals surface area contributed by atoms with Crippen LogP contribution in [0.1, 0.15) is 5.56 Å². The Bertz CT molecular complexity index is 322. The average molecular weight is 226 g/mol. The van der Waals surface area contributed by atoms with E-state index < -0.39 is 5.82 Å². The second-order valence-corrected chi connectivity index (χ2v) is 4.36. The van der Waals surface area contributed by atoms with E-state index in [9.17, 15) is 9.50 Å². The maximum absolute atomic E-state index is 13.0. The van der Waals surface area contributed by atoms with E-state index in [1.165, 1.54) is 6.07 Å². The molecular weight excluding hydrogens is 207 g/mol. The van der Waals surface area contributed by atoms with Crippen molar-refractivity contribution in [3.05, 3.63) is 29.6 Å². The summed E-state index contributed by atoms with van der Waals surface area (Å²) in [6, 6.07) is 4.16. The van der Waals surface area contributed by atoms with E-state index in [0.717, 1.165) is 24.7 Å². The Morgan fingerprint density at radius 3 is 2.38 bits per heavy atom. The summed E-state index contributed by atoms with van der Waals surface area (Å²) in [5.74, 6) is -0.410. The largest absolute Gasteiger partial charge is 0.508 e. The number of phenols is 1. The van der Waals surface area contributed by atoms with Gasteiger partial charge in [-0.05, 0) is 38.8 Å². The Morgan fingerprint density at radius 2 is 1.81 bits per heavy atom. The van der Waals surface area contributed by atoms with Crippen molar-refractivity contribution in [1.82, 2.24) is 9.80 Å². The molecule has 0 radical (unpaired) electrons. The zero-order valence-corrected chi connectivity index (χ0v) is 10.1. The van der Waals surface area contributed by atoms with Crippen LogP contribution in [0.2, 0.25) is 0 Å². The zero-order chi connectivity index (χ0) is 12.1. The third kappa shape index (κ3) is 4.59. The first-order valence-corrected chi connectivity index (χ1v) is 5.29. The van der Waals surface area contributed by atoms with Crippen molar-refractivity contribution in [1.29, 1.82) is 0 Å². The average Bonchev–Trinajstić information content (AvgIpc) is 2.12. The van der Waals surface area contributed by atoms with Crippen molar-refractivity contribution in [2.45, 2.75) is 6.54 Å². The Hall–Kier alpha value is -1.13. The van der Waals surface area contributed by atoms with E-state index in [0.29, 0.717) is 6.54 Å². The molecule has 0 saturated heterocycles. The van der Waals surface area contributed by atoms with Gasteiger partial charge in [-0.2, -0.15) is 0 Å². The van der Waals surface area contributed by atoms with E-state index in [4.69, 9.17) is 0 Å². The normalized spacial score (nSPS) is 11.4. The Labute approximate surface area is 96.1 Å². The molecule has 1 aromatic carbocycles. The van der Waals surface area contributed by atoms with Gasteiger partial charge in [0.1, 0.15) is 11.6 Å². The van der Waals surface area contributed by atoms with Crippen molar-refractivity contribution in [3.8, 4) is 5.75 Å². The van der Waals surface area contributed by atoms with Crippen LogP contribution in [0, 0.1) is 5.82 Å². The molecule has 0 aromatic heterocycles. The first kappa shape index (κ1) is 12.9. The van der Waals surface area contributed by atoms with Gasteiger partial charge in [0.2, 0.25) is 0 Å². The molecule has 1 rings (SSSR count). The van der Waals surface area contributed by atoms with Gasteiger partial charge in [0.25, 0.3) is 0 Å². The lowest BCUT2D eigenvalue weighted by Gasteiger charge is -2.19. The lowest BCUT2D eigenvalue weighted by Crippen LogP contribution is -2.28. The van der Waals surface area contributed by atoms with E-state index in [1.54, 1.807) is 6.07 Å². The topological polar surface area (TPSA) is 26.7 Å². The summed E-state index contributed by atoms with van der Waals surface area (Å²) in [4.78, 5) is 4.19. The van der Waals surface area contributed by atoms with Crippen molar-refractivity contribution < 1.29 is 9.50 Å². The van der Waals surface area contributed by atoms with Crippen molar-refractivity contribution in [2.24, 2.45) is 0 Å². The number of nitrogens with zero attached hydrogens (tertiary/aromatic N) is 2. The zero-order valence-electron chi connectivity index (χ0n) is 10.1. The number of halogens is 1. The minimum absolute atomic E-state index is 0.0176. The number of aromatic hydroxyl groups is 1. The molecule has 0 fully saturated rings. The van der Waals surface area contributed by atoms with Crippen LogP contribution in [-0.2, 0) is 6.54 Å². The molecule has 3 nitrogen and oxygen atoms in total. The van der Waals surface area contributed by atoms with E-state index in [-0.39, 0.29) is 5.75 Å². The number of likely N-dealkylation sites (N-methyl/N-ethyl adjacent to an activating group) is 2. The summed E-state index contributed by atoms with van der Waals surface area (Å²) in [6.45, 7) is 2.50. The molecule has 0 aliphatic rings. The fourth-order valence-electron chi connectivity index (χ4n) is 1.49. The van der Waals surface area contributed by atoms with Crippen LogP contribution in [0.15, 0.2) is 18.2 Å². The van der Waals surface area contributed by atoms with Crippen molar-refractivity contribution in [2.75, 3.05) is 34.2 Å². The molecular formula is C12H19FN2O. The van der Waals surface area contributed by atoms with Crippen LogP contribution < -0.4 is 0 Å². The monoisotopic (exact) mass is 226 g/mol. The van der Waals surface area contributed by atoms with Crippen molar-refractivity contribution >= 4 is 0 Å². The van der Waals surface area contributed by atoms with E-state index in [2.05, 4.69) is 9.80 Å². The van der Waals surface area contributed by atoms with Gasteiger partial charge in [0.15, 0.2) is 0 Å². The molecule has 90 valence electrons. The molecule has 1 aromatic rings. The number of hydrogen-bond acceptors (Lipinski definition) is 3. The molecule has 4 heteroatoms. The van der Waals surface area contributed by atoms with Crippen LogP contribution in [0.4, 0.5) is 4.39 Å². The smallest absolute Gasteiger partial charge is 0.127 e. The first-order chi connectivity index (χ1) is 7.47. The standard InChI is InChI=1S/C12H19FN2O/c1-14(2)4-5-15(3)9-10-6-11(13)8-12(16)7-10/h6-8,16H,4-5,9H2,1-3H3. The summed E-state index contributed by atoms with van der Waals surface area (Å²) in [5.41, 5.74) is 0.791. The van der Waals surface area contributed by atoms with Gasteiger partial charge in [-0.1, -0.05) is 0 Å². The van der Waals surface area contributed by atoms with E-state index >= 15 is 0 Å². The summed E-state index contributed by atoms with van der Waals surface area (Å²) in [6.07, 6.45) is 0. The predicted octanol–water partition coefficient (Wildman–Crippen LogP) is 1.52. The quantitative estimate of drug-likeness (QED) is 0.824. The Morgan fingerprint density at radius 1 is 1.12 bits per heavy atom. The molecule has 1 N–H and O–H groups in total. The number of phenolic OH excluding ortho intramolecular Hbond substituents is 1. The van der Waals surface area contributed by atoms with Gasteiger partial charge < -0.3 is 14.9 Å². The summed E-state index contributed by atoms with van der Waals surface area (Å²) < 4.78 is 13.0. The van der Waals surface area contributed by atoms with Gasteiger partial charge in [-0.3, -0.25) is 0 Å². The summed E-state index contributed by atoms with van der Waals surface area (Å²) in [5, 5.41) is 9.26. The summed E-state index contributed by atoms with van der Waals surface area (Å²) in [7, 11) is 6.01. The molecule has 0 unspecified atom stereocenters. The minimum atomic E-state index is -0.393. The maximum atomic E-state index is 13.0. The molecule has 0 spiro atoms. The third-order valence-corrected chi connectivity index (χ3v) is 2.32. The highest BCUT2D eigenvalue weighted by molar-refractivity contribution is 5.28. The van der Waals surface area contributed by atoms with Crippen LogP contribution in [-0.4, -0.2) is 49.1 Å². The SMILES string of the molecule is CN(C)CCN(C)Cc1cc(O)cc(F)c1. The number of benzene rings is 1. The summed E-state index contributed by atoms with van der Waals surface area (Å²) >= 11 is 0. The van der Waals surface area contributed by atoms with Gasteiger partial charge >= 0.3 is 0 Å². The molecule has 0 saturated carbocycles. The molecule has 0 aliphatic heterocycles. The first-order valence-electron chi connectivity index (χ1n) is 5.29. The fraction of sp³-hybridized carbons (Fsp3) is 0.500. The van der Waals surface area contributed by atoms with Gasteiger partial charge in [-0.25, -0.2) is 4.39 Å². The minimum Gasteiger partial charge on any atom is -0.508 e. The second kappa shape index (κ2) is 5.82.